The molecule has 1 aliphatic rings. The zero-order chi connectivity index (χ0) is 7.94. The predicted molar refractivity (Wildman–Crippen MR) is 45.1 cm³/mol. The van der Waals surface area contributed by atoms with Gasteiger partial charge in [0.15, 0.2) is 0 Å². The molecule has 0 N–H and O–H groups in total. The lowest BCUT2D eigenvalue weighted by atomic mass is 9.81. The maximum absolute atomic E-state index is 2.58. The van der Waals surface area contributed by atoms with Gasteiger partial charge in [-0.1, -0.05) is 0 Å². The second-order valence-corrected chi connectivity index (χ2v) is 4.37. The van der Waals surface area contributed by atoms with Crippen molar-refractivity contribution in [3.05, 3.63) is 0 Å². The Bertz CT molecular complexity index is 122. The Morgan fingerprint density at radius 3 is 2.00 bits per heavy atom. The van der Waals surface area contributed by atoms with Crippen LogP contribution in [-0.2, 0) is 0 Å². The average Bonchev–Trinajstić information content (AvgIpc) is 1.58. The van der Waals surface area contributed by atoms with Gasteiger partial charge in [-0.05, 0) is 41.0 Å². The fourth-order valence-electron chi connectivity index (χ4n) is 2.62. The summed E-state index contributed by atoms with van der Waals surface area (Å²) in [6.07, 6.45) is 1.35. The first-order valence-corrected chi connectivity index (χ1v) is 4.23. The number of hydrogen-bond donors (Lipinski definition) is 0. The van der Waals surface area contributed by atoms with Gasteiger partial charge >= 0.3 is 0 Å². The van der Waals surface area contributed by atoms with Crippen molar-refractivity contribution >= 4 is 0 Å². The highest BCUT2D eigenvalue weighted by molar-refractivity contribution is 4.99. The van der Waals surface area contributed by atoms with Crippen LogP contribution in [0.3, 0.4) is 0 Å². The van der Waals surface area contributed by atoms with Gasteiger partial charge in [0.25, 0.3) is 0 Å². The zero-order valence-corrected chi connectivity index (χ0v) is 7.81. The Hall–Kier alpha value is -0.0400. The van der Waals surface area contributed by atoms with Gasteiger partial charge in [0.05, 0.1) is 0 Å². The Labute approximate surface area is 64.4 Å². The summed E-state index contributed by atoms with van der Waals surface area (Å²) in [5, 5.41) is 0. The maximum Gasteiger partial charge on any atom is 0.0173 e. The van der Waals surface area contributed by atoms with Gasteiger partial charge in [-0.15, -0.1) is 0 Å². The molecule has 0 aromatic rings. The smallest absolute Gasteiger partial charge is 0.0173 e. The van der Waals surface area contributed by atoms with Crippen LogP contribution < -0.4 is 0 Å². The molecule has 1 heteroatoms. The summed E-state index contributed by atoms with van der Waals surface area (Å²) in [7, 11) is 0. The van der Waals surface area contributed by atoms with Gasteiger partial charge in [0, 0.05) is 17.6 Å². The van der Waals surface area contributed by atoms with Crippen molar-refractivity contribution in [2.45, 2.75) is 58.7 Å². The Kier molecular flexibility index (Phi) is 1.80. The molecule has 1 nitrogen and oxygen atoms in total. The molecular weight excluding hydrogens is 122 g/mol. The molecule has 0 aliphatic carbocycles. The second-order valence-electron chi connectivity index (χ2n) is 4.37. The molecule has 10 heavy (non-hydrogen) atoms. The van der Waals surface area contributed by atoms with Crippen molar-refractivity contribution < 1.29 is 0 Å². The van der Waals surface area contributed by atoms with Gasteiger partial charge in [-0.3, -0.25) is 4.90 Å². The molecule has 0 aromatic heterocycles. The van der Waals surface area contributed by atoms with Crippen LogP contribution in [0.2, 0.25) is 0 Å². The highest BCUT2D eigenvalue weighted by Gasteiger charge is 2.43. The van der Waals surface area contributed by atoms with E-state index in [1.807, 2.05) is 0 Å². The molecule has 1 rings (SSSR count). The van der Waals surface area contributed by atoms with Gasteiger partial charge in [0.1, 0.15) is 0 Å². The van der Waals surface area contributed by atoms with Crippen LogP contribution >= 0.6 is 0 Å². The third kappa shape index (κ3) is 1.07. The standard InChI is InChI=1S/C9H19N/c1-7(2)10-8(3)6-9(10,4)5/h7-8H,6H2,1-5H3/t8-/m1/s1. The Morgan fingerprint density at radius 1 is 1.40 bits per heavy atom. The van der Waals surface area contributed by atoms with Crippen LogP contribution in [0.4, 0.5) is 0 Å². The molecule has 0 unspecified atom stereocenters. The summed E-state index contributed by atoms with van der Waals surface area (Å²) in [6.45, 7) is 11.5. The van der Waals surface area contributed by atoms with Crippen molar-refractivity contribution in [2.75, 3.05) is 0 Å². The Balaban J connectivity index is 2.57. The monoisotopic (exact) mass is 141 g/mol. The van der Waals surface area contributed by atoms with E-state index in [2.05, 4.69) is 39.5 Å². The molecule has 0 amide bonds. The lowest BCUT2D eigenvalue weighted by Gasteiger charge is -2.56. The number of likely N-dealkylation sites (tertiary alicyclic amines) is 1. The number of rotatable bonds is 1. The lowest BCUT2D eigenvalue weighted by molar-refractivity contribution is -0.0648. The van der Waals surface area contributed by atoms with Gasteiger partial charge in [0.2, 0.25) is 0 Å². The highest BCUT2D eigenvalue weighted by Crippen LogP contribution is 2.37. The minimum Gasteiger partial charge on any atom is -0.293 e. The topological polar surface area (TPSA) is 3.24 Å². The first-order valence-electron chi connectivity index (χ1n) is 4.23. The third-order valence-corrected chi connectivity index (χ3v) is 2.53. The Morgan fingerprint density at radius 2 is 1.90 bits per heavy atom. The summed E-state index contributed by atoms with van der Waals surface area (Å²) in [4.78, 5) is 2.58. The summed E-state index contributed by atoms with van der Waals surface area (Å²) >= 11 is 0. The fraction of sp³-hybridized carbons (Fsp3) is 1.00. The van der Waals surface area contributed by atoms with E-state index in [-0.39, 0.29) is 0 Å². The van der Waals surface area contributed by atoms with Gasteiger partial charge < -0.3 is 0 Å². The molecule has 0 radical (unpaired) electrons. The largest absolute Gasteiger partial charge is 0.293 e. The van der Waals surface area contributed by atoms with Gasteiger partial charge in [-0.2, -0.15) is 0 Å². The van der Waals surface area contributed by atoms with Crippen molar-refractivity contribution in [1.82, 2.24) is 4.90 Å². The van der Waals surface area contributed by atoms with E-state index in [4.69, 9.17) is 0 Å². The highest BCUT2D eigenvalue weighted by atomic mass is 15.3. The van der Waals surface area contributed by atoms with Crippen molar-refractivity contribution in [3.8, 4) is 0 Å². The minimum atomic E-state index is 0.466. The van der Waals surface area contributed by atoms with Crippen molar-refractivity contribution in [2.24, 2.45) is 0 Å². The van der Waals surface area contributed by atoms with E-state index in [1.54, 1.807) is 0 Å². The van der Waals surface area contributed by atoms with Crippen LogP contribution in [0.25, 0.3) is 0 Å². The molecule has 0 spiro atoms. The molecule has 0 saturated carbocycles. The number of nitrogens with zero attached hydrogens (tertiary/aromatic N) is 1. The van der Waals surface area contributed by atoms with Crippen LogP contribution in [0.15, 0.2) is 0 Å². The van der Waals surface area contributed by atoms with E-state index in [0.29, 0.717) is 11.6 Å². The van der Waals surface area contributed by atoms with Crippen LogP contribution in [0.1, 0.15) is 41.0 Å². The molecule has 0 bridgehead atoms. The molecular formula is C9H19N. The molecule has 1 heterocycles. The molecule has 1 saturated heterocycles. The van der Waals surface area contributed by atoms with E-state index in [9.17, 15) is 0 Å². The maximum atomic E-state index is 2.58. The molecule has 0 aromatic carbocycles. The normalized spacial score (nSPS) is 32.4. The summed E-state index contributed by atoms with van der Waals surface area (Å²) < 4.78 is 0. The number of hydrogen-bond acceptors (Lipinski definition) is 1. The quantitative estimate of drug-likeness (QED) is 0.541. The van der Waals surface area contributed by atoms with Crippen molar-refractivity contribution in [1.29, 1.82) is 0 Å². The van der Waals surface area contributed by atoms with Crippen molar-refractivity contribution in [3.63, 3.8) is 0 Å². The van der Waals surface area contributed by atoms with E-state index in [0.717, 1.165) is 6.04 Å². The average molecular weight is 141 g/mol. The zero-order valence-electron chi connectivity index (χ0n) is 7.81. The lowest BCUT2D eigenvalue weighted by Crippen LogP contribution is -2.63. The molecule has 1 fully saturated rings. The molecule has 60 valence electrons. The molecule has 1 atom stereocenters. The minimum absolute atomic E-state index is 0.466. The molecule has 1 aliphatic heterocycles. The van der Waals surface area contributed by atoms with E-state index < -0.39 is 0 Å². The van der Waals surface area contributed by atoms with Crippen LogP contribution in [-0.4, -0.2) is 22.5 Å². The third-order valence-electron chi connectivity index (χ3n) is 2.53. The summed E-state index contributed by atoms with van der Waals surface area (Å²) in [5.74, 6) is 0. The first kappa shape index (κ1) is 8.06. The first-order chi connectivity index (χ1) is 4.45. The fourth-order valence-corrected chi connectivity index (χ4v) is 2.62. The summed E-state index contributed by atoms with van der Waals surface area (Å²) in [5.41, 5.74) is 0.466. The van der Waals surface area contributed by atoms with Gasteiger partial charge in [-0.25, -0.2) is 0 Å². The van der Waals surface area contributed by atoms with Crippen LogP contribution in [0.5, 0.6) is 0 Å². The second kappa shape index (κ2) is 2.23. The van der Waals surface area contributed by atoms with Crippen LogP contribution in [0, 0.1) is 0 Å². The van der Waals surface area contributed by atoms with E-state index >= 15 is 0 Å². The predicted octanol–water partition coefficient (Wildman–Crippen LogP) is 2.27. The van der Waals surface area contributed by atoms with E-state index in [1.165, 1.54) is 6.42 Å². The SMILES string of the molecule is CC(C)N1[C@H](C)CC1(C)C. The summed E-state index contributed by atoms with van der Waals surface area (Å²) in [6, 6.07) is 1.51.